The number of hydrogen-bond acceptors (Lipinski definition) is 4. The highest BCUT2D eigenvalue weighted by Gasteiger charge is 2.42. The minimum Gasteiger partial charge on any atom is -0.493 e. The van der Waals surface area contributed by atoms with Crippen LogP contribution < -0.4 is 19.5 Å². The fourth-order valence-electron chi connectivity index (χ4n) is 3.53. The maximum atomic E-state index is 12.9. The first-order valence-electron chi connectivity index (χ1n) is 8.94. The van der Waals surface area contributed by atoms with Gasteiger partial charge < -0.3 is 19.5 Å². The zero-order chi connectivity index (χ0) is 20.0. The van der Waals surface area contributed by atoms with Crippen molar-refractivity contribution in [2.24, 2.45) is 5.92 Å². The zero-order valence-electron chi connectivity index (χ0n) is 15.8. The molecular formula is C19H26F3NO4. The molecule has 1 saturated carbocycles. The van der Waals surface area contributed by atoms with Crippen LogP contribution in [0.25, 0.3) is 0 Å². The molecule has 0 aliphatic heterocycles. The lowest BCUT2D eigenvalue weighted by molar-refractivity contribution is -0.184. The molecule has 2 rings (SSSR count). The summed E-state index contributed by atoms with van der Waals surface area (Å²) in [7, 11) is 4.51. The molecule has 1 aromatic rings. The number of rotatable bonds is 7. The van der Waals surface area contributed by atoms with Gasteiger partial charge in [-0.2, -0.15) is 13.2 Å². The Labute approximate surface area is 157 Å². The number of nitrogens with one attached hydrogen (secondary N) is 1. The first-order chi connectivity index (χ1) is 12.8. The number of alkyl halides is 3. The number of carbonyl (C=O) groups is 1. The number of hydrogen-bond donors (Lipinski definition) is 1. The number of aryl methyl sites for hydroxylation is 1. The molecule has 1 fully saturated rings. The van der Waals surface area contributed by atoms with E-state index >= 15 is 0 Å². The molecule has 1 aliphatic carbocycles. The van der Waals surface area contributed by atoms with Crippen molar-refractivity contribution in [1.82, 2.24) is 5.32 Å². The largest absolute Gasteiger partial charge is 0.493 e. The van der Waals surface area contributed by atoms with Crippen LogP contribution in [0.2, 0.25) is 0 Å². The van der Waals surface area contributed by atoms with E-state index in [1.165, 1.54) is 21.3 Å². The Morgan fingerprint density at radius 1 is 1.11 bits per heavy atom. The molecule has 0 spiro atoms. The van der Waals surface area contributed by atoms with Crippen molar-refractivity contribution in [2.45, 2.75) is 50.7 Å². The summed E-state index contributed by atoms with van der Waals surface area (Å²) in [5.74, 6) is -0.150. The molecule has 1 amide bonds. The average Bonchev–Trinajstić information content (AvgIpc) is 2.64. The molecule has 0 heterocycles. The molecule has 2 atom stereocenters. The molecule has 0 radical (unpaired) electrons. The van der Waals surface area contributed by atoms with E-state index in [9.17, 15) is 18.0 Å². The molecule has 8 heteroatoms. The van der Waals surface area contributed by atoms with Gasteiger partial charge >= 0.3 is 6.18 Å². The van der Waals surface area contributed by atoms with Crippen LogP contribution >= 0.6 is 0 Å². The fourth-order valence-corrected chi connectivity index (χ4v) is 3.53. The summed E-state index contributed by atoms with van der Waals surface area (Å²) in [6.07, 6.45) is -2.52. The smallest absolute Gasteiger partial charge is 0.391 e. The van der Waals surface area contributed by atoms with E-state index in [-0.39, 0.29) is 25.2 Å². The third kappa shape index (κ3) is 5.43. The molecule has 0 saturated heterocycles. The van der Waals surface area contributed by atoms with Crippen LogP contribution in [-0.2, 0) is 11.2 Å². The third-order valence-electron chi connectivity index (χ3n) is 4.91. The van der Waals surface area contributed by atoms with E-state index in [2.05, 4.69) is 5.32 Å². The van der Waals surface area contributed by atoms with Gasteiger partial charge in [0.1, 0.15) is 0 Å². The van der Waals surface area contributed by atoms with E-state index in [4.69, 9.17) is 14.2 Å². The Bertz CT molecular complexity index is 649. The van der Waals surface area contributed by atoms with Crippen molar-refractivity contribution in [2.75, 3.05) is 21.3 Å². The van der Waals surface area contributed by atoms with Gasteiger partial charge in [0, 0.05) is 12.5 Å². The molecule has 1 aliphatic rings. The van der Waals surface area contributed by atoms with Crippen LogP contribution in [0.4, 0.5) is 13.2 Å². The Balaban J connectivity index is 1.96. The second-order valence-corrected chi connectivity index (χ2v) is 6.66. The summed E-state index contributed by atoms with van der Waals surface area (Å²) in [5.41, 5.74) is 0.766. The van der Waals surface area contributed by atoms with Crippen molar-refractivity contribution in [3.8, 4) is 17.2 Å². The van der Waals surface area contributed by atoms with E-state index in [1.807, 2.05) is 0 Å². The number of ether oxygens (including phenoxy) is 3. The summed E-state index contributed by atoms with van der Waals surface area (Å²) >= 11 is 0. The first kappa shape index (κ1) is 21.2. The van der Waals surface area contributed by atoms with Gasteiger partial charge in [0.15, 0.2) is 11.5 Å². The average molecular weight is 389 g/mol. The maximum absolute atomic E-state index is 12.9. The predicted octanol–water partition coefficient (Wildman–Crippen LogP) is 3.88. The van der Waals surface area contributed by atoms with Crippen LogP contribution in [0.15, 0.2) is 12.1 Å². The SMILES string of the molecule is COc1ccc(CCC(=O)NC2CCCC(C(F)(F)F)C2)c(OC)c1OC. The number of carbonyl (C=O) groups excluding carboxylic acids is 1. The second kappa shape index (κ2) is 9.19. The van der Waals surface area contributed by atoms with Gasteiger partial charge in [-0.1, -0.05) is 12.5 Å². The van der Waals surface area contributed by atoms with Crippen molar-refractivity contribution in [1.29, 1.82) is 0 Å². The topological polar surface area (TPSA) is 56.8 Å². The van der Waals surface area contributed by atoms with E-state index < -0.39 is 18.1 Å². The maximum Gasteiger partial charge on any atom is 0.391 e. The summed E-state index contributed by atoms with van der Waals surface area (Å²) in [6, 6.07) is 3.09. The Morgan fingerprint density at radius 2 is 1.81 bits per heavy atom. The lowest BCUT2D eigenvalue weighted by Crippen LogP contribution is -2.41. The Hall–Kier alpha value is -2.12. The normalized spacial score (nSPS) is 20.1. The van der Waals surface area contributed by atoms with Gasteiger partial charge in [-0.3, -0.25) is 4.79 Å². The highest BCUT2D eigenvalue weighted by atomic mass is 19.4. The van der Waals surface area contributed by atoms with Gasteiger partial charge in [0.05, 0.1) is 27.2 Å². The lowest BCUT2D eigenvalue weighted by atomic mass is 9.85. The molecule has 1 N–H and O–H groups in total. The molecule has 2 unspecified atom stereocenters. The number of methoxy groups -OCH3 is 3. The van der Waals surface area contributed by atoms with E-state index in [1.54, 1.807) is 12.1 Å². The highest BCUT2D eigenvalue weighted by Crippen LogP contribution is 2.40. The highest BCUT2D eigenvalue weighted by molar-refractivity contribution is 5.76. The number of benzene rings is 1. The lowest BCUT2D eigenvalue weighted by Gasteiger charge is -2.31. The summed E-state index contributed by atoms with van der Waals surface area (Å²) in [6.45, 7) is 0. The van der Waals surface area contributed by atoms with Crippen molar-refractivity contribution in [3.63, 3.8) is 0 Å². The van der Waals surface area contributed by atoms with E-state index in [0.717, 1.165) is 5.56 Å². The Kier molecular flexibility index (Phi) is 7.21. The third-order valence-corrected chi connectivity index (χ3v) is 4.91. The van der Waals surface area contributed by atoms with Crippen molar-refractivity contribution >= 4 is 5.91 Å². The summed E-state index contributed by atoms with van der Waals surface area (Å²) in [4.78, 5) is 12.2. The van der Waals surface area contributed by atoms with Gasteiger partial charge in [-0.05, 0) is 37.3 Å². The van der Waals surface area contributed by atoms with E-state index in [0.29, 0.717) is 36.5 Å². The zero-order valence-corrected chi connectivity index (χ0v) is 15.8. The number of amides is 1. The molecule has 0 aromatic heterocycles. The molecule has 1 aromatic carbocycles. The molecule has 5 nitrogen and oxygen atoms in total. The molecule has 0 bridgehead atoms. The first-order valence-corrected chi connectivity index (χ1v) is 8.94. The minimum absolute atomic E-state index is 0.0467. The number of halogens is 3. The quantitative estimate of drug-likeness (QED) is 0.769. The molecule has 152 valence electrons. The van der Waals surface area contributed by atoms with Gasteiger partial charge in [-0.25, -0.2) is 0 Å². The Morgan fingerprint density at radius 3 is 2.41 bits per heavy atom. The van der Waals surface area contributed by atoms with Crippen molar-refractivity contribution < 1.29 is 32.2 Å². The standard InChI is InChI=1S/C19H26F3NO4/c1-25-15-9-7-12(17(26-2)18(15)27-3)8-10-16(24)23-14-6-4-5-13(11-14)19(20,21)22/h7,9,13-14H,4-6,8,10-11H2,1-3H3,(H,23,24). The van der Waals surface area contributed by atoms with Crippen LogP contribution in [0, 0.1) is 5.92 Å². The van der Waals surface area contributed by atoms with Gasteiger partial charge in [0.2, 0.25) is 11.7 Å². The second-order valence-electron chi connectivity index (χ2n) is 6.66. The summed E-state index contributed by atoms with van der Waals surface area (Å²) in [5, 5.41) is 2.74. The van der Waals surface area contributed by atoms with Crippen LogP contribution in [0.5, 0.6) is 17.2 Å². The van der Waals surface area contributed by atoms with Gasteiger partial charge in [0.25, 0.3) is 0 Å². The molecule has 27 heavy (non-hydrogen) atoms. The molecular weight excluding hydrogens is 363 g/mol. The summed E-state index contributed by atoms with van der Waals surface area (Å²) < 4.78 is 54.6. The van der Waals surface area contributed by atoms with Crippen LogP contribution in [0.3, 0.4) is 0 Å². The monoisotopic (exact) mass is 389 g/mol. The predicted molar refractivity (Wildman–Crippen MR) is 94.4 cm³/mol. The van der Waals surface area contributed by atoms with Gasteiger partial charge in [-0.15, -0.1) is 0 Å². The van der Waals surface area contributed by atoms with Crippen LogP contribution in [-0.4, -0.2) is 39.5 Å². The van der Waals surface area contributed by atoms with Crippen LogP contribution in [0.1, 0.15) is 37.7 Å². The van der Waals surface area contributed by atoms with Crippen molar-refractivity contribution in [3.05, 3.63) is 17.7 Å². The minimum atomic E-state index is -4.20. The fraction of sp³-hybridized carbons (Fsp3) is 0.632.